The largest absolute Gasteiger partial charge is 0.398 e. The second-order valence-corrected chi connectivity index (χ2v) is 6.68. The number of fused-ring (bicyclic) bond motifs is 1. The summed E-state index contributed by atoms with van der Waals surface area (Å²) in [6, 6.07) is 12.7. The van der Waals surface area contributed by atoms with Crippen molar-refractivity contribution in [1.29, 1.82) is 0 Å². The van der Waals surface area contributed by atoms with Crippen molar-refractivity contribution in [2.24, 2.45) is 17.8 Å². The molecule has 0 unspecified atom stereocenters. The van der Waals surface area contributed by atoms with E-state index >= 15 is 0 Å². The van der Waals surface area contributed by atoms with Crippen LogP contribution in [-0.2, 0) is 6.54 Å². The maximum atomic E-state index is 6.18. The highest BCUT2D eigenvalue weighted by Crippen LogP contribution is 2.23. The highest BCUT2D eigenvalue weighted by Gasteiger charge is 2.16. The highest BCUT2D eigenvalue weighted by atomic mass is 14.9. The molecule has 0 atom stereocenters. The van der Waals surface area contributed by atoms with Crippen molar-refractivity contribution in [3.63, 3.8) is 0 Å². The first-order chi connectivity index (χ1) is 9.99. The summed E-state index contributed by atoms with van der Waals surface area (Å²) >= 11 is 0. The molecule has 2 aromatic carbocycles. The number of benzene rings is 2. The third kappa shape index (κ3) is 3.98. The zero-order chi connectivity index (χ0) is 15.4. The van der Waals surface area contributed by atoms with Gasteiger partial charge in [0.25, 0.3) is 0 Å². The van der Waals surface area contributed by atoms with Gasteiger partial charge in [0.1, 0.15) is 0 Å². The molecule has 0 aliphatic carbocycles. The minimum absolute atomic E-state index is 0.700. The van der Waals surface area contributed by atoms with E-state index in [4.69, 9.17) is 5.73 Å². The van der Waals surface area contributed by atoms with Gasteiger partial charge in [-0.25, -0.2) is 0 Å². The van der Waals surface area contributed by atoms with Crippen LogP contribution in [0.1, 0.15) is 33.3 Å². The number of hydrogen-bond acceptors (Lipinski definition) is 2. The van der Waals surface area contributed by atoms with Crippen LogP contribution in [0.2, 0.25) is 0 Å². The van der Waals surface area contributed by atoms with Gasteiger partial charge in [0, 0.05) is 12.2 Å². The fourth-order valence-electron chi connectivity index (χ4n) is 3.07. The summed E-state index contributed by atoms with van der Waals surface area (Å²) in [5, 5.41) is 6.06. The maximum Gasteiger partial charge on any atom is 0.0366 e. The third-order valence-corrected chi connectivity index (χ3v) is 4.42. The summed E-state index contributed by atoms with van der Waals surface area (Å²) in [6.45, 7) is 11.1. The lowest BCUT2D eigenvalue weighted by atomic mass is 9.85. The van der Waals surface area contributed by atoms with Gasteiger partial charge in [-0.15, -0.1) is 0 Å². The number of rotatable bonds is 6. The molecule has 0 heterocycles. The standard InChI is InChI=1S/C19H28N2/c1-13(2)18(14(3)4)12-21-11-17-9-15-7-5-6-8-16(15)10-19(17)20/h5-10,13-14,18,21H,11-12,20H2,1-4H3. The van der Waals surface area contributed by atoms with E-state index in [9.17, 15) is 0 Å². The molecule has 2 rings (SSSR count). The molecule has 21 heavy (non-hydrogen) atoms. The van der Waals surface area contributed by atoms with Crippen molar-refractivity contribution < 1.29 is 0 Å². The van der Waals surface area contributed by atoms with Gasteiger partial charge in [0.05, 0.1) is 0 Å². The first kappa shape index (κ1) is 15.8. The van der Waals surface area contributed by atoms with Gasteiger partial charge in [0.15, 0.2) is 0 Å². The van der Waals surface area contributed by atoms with Crippen LogP contribution in [0, 0.1) is 17.8 Å². The second kappa shape index (κ2) is 6.95. The average molecular weight is 284 g/mol. The first-order valence-electron chi connectivity index (χ1n) is 7.97. The van der Waals surface area contributed by atoms with Crippen LogP contribution < -0.4 is 11.1 Å². The Hall–Kier alpha value is -1.54. The number of anilines is 1. The van der Waals surface area contributed by atoms with Crippen molar-refractivity contribution in [1.82, 2.24) is 5.32 Å². The number of nitrogens with one attached hydrogen (secondary N) is 1. The Bertz CT molecular complexity index is 579. The van der Waals surface area contributed by atoms with Crippen molar-refractivity contribution in [3.8, 4) is 0 Å². The fraction of sp³-hybridized carbons (Fsp3) is 0.474. The quantitative estimate of drug-likeness (QED) is 0.770. The molecule has 0 bridgehead atoms. The molecule has 0 aromatic heterocycles. The zero-order valence-corrected chi connectivity index (χ0v) is 13.7. The van der Waals surface area contributed by atoms with Gasteiger partial charge < -0.3 is 11.1 Å². The van der Waals surface area contributed by atoms with Crippen molar-refractivity contribution in [3.05, 3.63) is 42.0 Å². The molecular weight excluding hydrogens is 256 g/mol. The molecule has 0 spiro atoms. The molecule has 0 fully saturated rings. The molecule has 0 saturated heterocycles. The lowest BCUT2D eigenvalue weighted by Crippen LogP contribution is -2.29. The average Bonchev–Trinajstić information content (AvgIpc) is 2.43. The lowest BCUT2D eigenvalue weighted by Gasteiger charge is -2.25. The molecule has 0 radical (unpaired) electrons. The predicted molar refractivity (Wildman–Crippen MR) is 93.2 cm³/mol. The molecule has 114 valence electrons. The Morgan fingerprint density at radius 2 is 1.52 bits per heavy atom. The summed E-state index contributed by atoms with van der Waals surface area (Å²) < 4.78 is 0. The molecule has 2 aromatic rings. The molecule has 0 aliphatic rings. The summed E-state index contributed by atoms with van der Waals surface area (Å²) in [5.74, 6) is 2.10. The molecule has 0 amide bonds. The van der Waals surface area contributed by atoms with Gasteiger partial charge in [-0.1, -0.05) is 52.0 Å². The van der Waals surface area contributed by atoms with E-state index in [0.29, 0.717) is 17.8 Å². The first-order valence-corrected chi connectivity index (χ1v) is 7.97. The Balaban J connectivity index is 2.04. The molecule has 3 N–H and O–H groups in total. The maximum absolute atomic E-state index is 6.18. The fourth-order valence-corrected chi connectivity index (χ4v) is 3.07. The Morgan fingerprint density at radius 3 is 2.10 bits per heavy atom. The van der Waals surface area contributed by atoms with Crippen molar-refractivity contribution in [2.45, 2.75) is 34.2 Å². The number of nitrogen functional groups attached to an aromatic ring is 1. The Labute approximate surface area is 128 Å². The minimum Gasteiger partial charge on any atom is -0.398 e. The van der Waals surface area contributed by atoms with Gasteiger partial charge in [-0.3, -0.25) is 0 Å². The van der Waals surface area contributed by atoms with E-state index in [2.05, 4.69) is 69.4 Å². The number of hydrogen-bond donors (Lipinski definition) is 2. The van der Waals surface area contributed by atoms with Gasteiger partial charge >= 0.3 is 0 Å². The van der Waals surface area contributed by atoms with E-state index in [-0.39, 0.29) is 0 Å². The topological polar surface area (TPSA) is 38.0 Å². The van der Waals surface area contributed by atoms with Crippen molar-refractivity contribution >= 4 is 16.5 Å². The van der Waals surface area contributed by atoms with Crippen LogP contribution in [0.25, 0.3) is 10.8 Å². The minimum atomic E-state index is 0.700. The van der Waals surface area contributed by atoms with Crippen LogP contribution in [0.3, 0.4) is 0 Å². The van der Waals surface area contributed by atoms with Crippen LogP contribution in [0.15, 0.2) is 36.4 Å². The van der Waals surface area contributed by atoms with Crippen LogP contribution in [-0.4, -0.2) is 6.54 Å². The summed E-state index contributed by atoms with van der Waals surface area (Å²) in [4.78, 5) is 0. The van der Waals surface area contributed by atoms with E-state index < -0.39 is 0 Å². The lowest BCUT2D eigenvalue weighted by molar-refractivity contribution is 0.275. The van der Waals surface area contributed by atoms with E-state index in [1.165, 1.54) is 16.3 Å². The molecule has 0 saturated carbocycles. The third-order valence-electron chi connectivity index (χ3n) is 4.42. The Morgan fingerprint density at radius 1 is 0.952 bits per heavy atom. The molecule has 2 heteroatoms. The predicted octanol–water partition coefficient (Wildman–Crippen LogP) is 4.44. The SMILES string of the molecule is CC(C)C(CNCc1cc2ccccc2cc1N)C(C)C. The normalized spacial score (nSPS) is 12.0. The highest BCUT2D eigenvalue weighted by molar-refractivity contribution is 5.86. The molecule has 2 nitrogen and oxygen atoms in total. The van der Waals surface area contributed by atoms with Crippen molar-refractivity contribution in [2.75, 3.05) is 12.3 Å². The molecular formula is C19H28N2. The second-order valence-electron chi connectivity index (χ2n) is 6.68. The molecule has 0 aliphatic heterocycles. The van der Waals surface area contributed by atoms with Crippen LogP contribution >= 0.6 is 0 Å². The summed E-state index contributed by atoms with van der Waals surface area (Å²) in [5.41, 5.74) is 8.26. The monoisotopic (exact) mass is 284 g/mol. The van der Waals surface area contributed by atoms with E-state index in [1.54, 1.807) is 0 Å². The smallest absolute Gasteiger partial charge is 0.0366 e. The van der Waals surface area contributed by atoms with E-state index in [1.807, 2.05) is 0 Å². The van der Waals surface area contributed by atoms with Gasteiger partial charge in [-0.05, 0) is 52.8 Å². The van der Waals surface area contributed by atoms with Crippen LogP contribution in [0.4, 0.5) is 5.69 Å². The number of nitrogens with two attached hydrogens (primary N) is 1. The Kier molecular flexibility index (Phi) is 5.24. The van der Waals surface area contributed by atoms with E-state index in [0.717, 1.165) is 18.8 Å². The van der Waals surface area contributed by atoms with Gasteiger partial charge in [-0.2, -0.15) is 0 Å². The van der Waals surface area contributed by atoms with Gasteiger partial charge in [0.2, 0.25) is 0 Å². The van der Waals surface area contributed by atoms with Crippen LogP contribution in [0.5, 0.6) is 0 Å². The summed E-state index contributed by atoms with van der Waals surface area (Å²) in [7, 11) is 0. The zero-order valence-electron chi connectivity index (χ0n) is 13.7. The summed E-state index contributed by atoms with van der Waals surface area (Å²) in [6.07, 6.45) is 0.